The number of ether oxygens (including phenoxy) is 1. The van der Waals surface area contributed by atoms with Crippen LogP contribution >= 0.6 is 34.5 Å². The maximum Gasteiger partial charge on any atom is 0.345 e. The molecule has 29 heavy (non-hydrogen) atoms. The molecule has 0 bridgehead atoms. The van der Waals surface area contributed by atoms with Crippen LogP contribution in [0.25, 0.3) is 22.2 Å². The Balaban J connectivity index is 1.46. The molecule has 0 unspecified atom stereocenters. The second-order valence-electron chi connectivity index (χ2n) is 5.93. The Morgan fingerprint density at radius 1 is 1.17 bits per heavy atom. The SMILES string of the molecule is O=C(COc1ccc(Cl)cc1Cl)Nc1nc(-c2cc3ccccc3oc2=O)cs1. The Morgan fingerprint density at radius 2 is 2.00 bits per heavy atom. The van der Waals surface area contributed by atoms with Crippen molar-refractivity contribution in [3.63, 3.8) is 0 Å². The number of anilines is 1. The summed E-state index contributed by atoms with van der Waals surface area (Å²) in [6, 6.07) is 13.6. The first-order valence-electron chi connectivity index (χ1n) is 8.36. The van der Waals surface area contributed by atoms with E-state index < -0.39 is 11.5 Å². The molecule has 4 rings (SSSR count). The minimum Gasteiger partial charge on any atom is -0.482 e. The average Bonchev–Trinajstić information content (AvgIpc) is 3.15. The Labute approximate surface area is 178 Å². The summed E-state index contributed by atoms with van der Waals surface area (Å²) in [5.41, 5.74) is 0.756. The first-order valence-corrected chi connectivity index (χ1v) is 9.99. The Morgan fingerprint density at radius 3 is 2.83 bits per heavy atom. The summed E-state index contributed by atoms with van der Waals surface area (Å²) in [6.07, 6.45) is 0. The van der Waals surface area contributed by atoms with Crippen molar-refractivity contribution < 1.29 is 13.9 Å². The number of para-hydroxylation sites is 1. The fraction of sp³-hybridized carbons (Fsp3) is 0.0500. The number of carbonyl (C=O) groups is 1. The molecule has 0 atom stereocenters. The highest BCUT2D eigenvalue weighted by molar-refractivity contribution is 7.14. The van der Waals surface area contributed by atoms with Crippen LogP contribution in [0.1, 0.15) is 0 Å². The first kappa shape index (κ1) is 19.4. The van der Waals surface area contributed by atoms with E-state index in [2.05, 4.69) is 10.3 Å². The molecule has 0 fully saturated rings. The lowest BCUT2D eigenvalue weighted by Crippen LogP contribution is -2.20. The van der Waals surface area contributed by atoms with Gasteiger partial charge in [0.25, 0.3) is 5.91 Å². The number of thiazole rings is 1. The zero-order valence-corrected chi connectivity index (χ0v) is 17.0. The molecule has 146 valence electrons. The molecule has 2 aromatic heterocycles. The van der Waals surface area contributed by atoms with E-state index in [4.69, 9.17) is 32.4 Å². The lowest BCUT2D eigenvalue weighted by molar-refractivity contribution is -0.118. The molecule has 6 nitrogen and oxygen atoms in total. The van der Waals surface area contributed by atoms with Gasteiger partial charge < -0.3 is 9.15 Å². The molecule has 0 radical (unpaired) electrons. The second-order valence-corrected chi connectivity index (χ2v) is 7.64. The third-order valence-electron chi connectivity index (χ3n) is 3.92. The van der Waals surface area contributed by atoms with Gasteiger partial charge in [0.15, 0.2) is 11.7 Å². The molecule has 0 aliphatic heterocycles. The maximum atomic E-state index is 12.2. The third-order valence-corrected chi connectivity index (χ3v) is 5.21. The van der Waals surface area contributed by atoms with Crippen LogP contribution in [0.3, 0.4) is 0 Å². The van der Waals surface area contributed by atoms with E-state index in [9.17, 15) is 9.59 Å². The van der Waals surface area contributed by atoms with Gasteiger partial charge in [-0.1, -0.05) is 41.4 Å². The quantitative estimate of drug-likeness (QED) is 0.423. The van der Waals surface area contributed by atoms with Crippen LogP contribution in [0.4, 0.5) is 5.13 Å². The van der Waals surface area contributed by atoms with E-state index in [0.29, 0.717) is 37.8 Å². The van der Waals surface area contributed by atoms with E-state index in [1.807, 2.05) is 12.1 Å². The van der Waals surface area contributed by atoms with E-state index in [0.717, 1.165) is 5.39 Å². The van der Waals surface area contributed by atoms with E-state index >= 15 is 0 Å². The van der Waals surface area contributed by atoms with E-state index in [1.54, 1.807) is 35.7 Å². The molecule has 2 heterocycles. The number of nitrogens with one attached hydrogen (secondary N) is 1. The van der Waals surface area contributed by atoms with Crippen LogP contribution in [0, 0.1) is 0 Å². The van der Waals surface area contributed by atoms with Crippen molar-refractivity contribution in [2.24, 2.45) is 0 Å². The zero-order valence-electron chi connectivity index (χ0n) is 14.6. The number of amides is 1. The molecule has 0 spiro atoms. The van der Waals surface area contributed by atoms with Gasteiger partial charge in [-0.3, -0.25) is 10.1 Å². The molecule has 1 amide bonds. The summed E-state index contributed by atoms with van der Waals surface area (Å²) in [5, 5.41) is 6.21. The van der Waals surface area contributed by atoms with Crippen molar-refractivity contribution in [1.29, 1.82) is 0 Å². The van der Waals surface area contributed by atoms with Crippen molar-refractivity contribution >= 4 is 56.5 Å². The highest BCUT2D eigenvalue weighted by atomic mass is 35.5. The van der Waals surface area contributed by atoms with Crippen LogP contribution < -0.4 is 15.7 Å². The smallest absolute Gasteiger partial charge is 0.345 e. The number of aromatic nitrogens is 1. The minimum absolute atomic E-state index is 0.256. The summed E-state index contributed by atoms with van der Waals surface area (Å²) in [6.45, 7) is -0.256. The number of rotatable bonds is 5. The van der Waals surface area contributed by atoms with Gasteiger partial charge in [-0.25, -0.2) is 9.78 Å². The summed E-state index contributed by atoms with van der Waals surface area (Å²) in [5.74, 6) is -0.0673. The molecule has 0 aliphatic rings. The fourth-order valence-corrected chi connectivity index (χ4v) is 3.78. The first-order chi connectivity index (χ1) is 14.0. The lowest BCUT2D eigenvalue weighted by atomic mass is 10.1. The lowest BCUT2D eigenvalue weighted by Gasteiger charge is -2.07. The Bertz CT molecular complexity index is 1270. The van der Waals surface area contributed by atoms with Crippen molar-refractivity contribution in [3.05, 3.63) is 74.4 Å². The number of hydrogen-bond acceptors (Lipinski definition) is 6. The monoisotopic (exact) mass is 446 g/mol. The Kier molecular flexibility index (Phi) is 5.53. The van der Waals surface area contributed by atoms with Gasteiger partial charge in [0.2, 0.25) is 0 Å². The highest BCUT2D eigenvalue weighted by Gasteiger charge is 2.13. The van der Waals surface area contributed by atoms with Gasteiger partial charge in [0.05, 0.1) is 16.3 Å². The molecule has 4 aromatic rings. The summed E-state index contributed by atoms with van der Waals surface area (Å²) in [4.78, 5) is 28.7. The maximum absolute atomic E-state index is 12.2. The molecule has 0 saturated carbocycles. The van der Waals surface area contributed by atoms with Gasteiger partial charge in [-0.05, 0) is 30.3 Å². The van der Waals surface area contributed by atoms with Crippen LogP contribution in [0.2, 0.25) is 10.0 Å². The molecule has 0 aliphatic carbocycles. The summed E-state index contributed by atoms with van der Waals surface area (Å²) in [7, 11) is 0. The largest absolute Gasteiger partial charge is 0.482 e. The predicted octanol–water partition coefficient (Wildman–Crippen LogP) is 5.24. The highest BCUT2D eigenvalue weighted by Crippen LogP contribution is 2.28. The van der Waals surface area contributed by atoms with Crippen LogP contribution in [-0.4, -0.2) is 17.5 Å². The van der Waals surface area contributed by atoms with Gasteiger partial charge in [0, 0.05) is 15.8 Å². The molecular weight excluding hydrogens is 435 g/mol. The van der Waals surface area contributed by atoms with Gasteiger partial charge in [0.1, 0.15) is 11.3 Å². The van der Waals surface area contributed by atoms with Gasteiger partial charge >= 0.3 is 5.63 Å². The third kappa shape index (κ3) is 4.42. The number of carbonyl (C=O) groups excluding carboxylic acids is 1. The van der Waals surface area contributed by atoms with Crippen molar-refractivity contribution in [3.8, 4) is 17.0 Å². The number of benzene rings is 2. The predicted molar refractivity (Wildman–Crippen MR) is 114 cm³/mol. The number of hydrogen-bond donors (Lipinski definition) is 1. The second kappa shape index (κ2) is 8.24. The van der Waals surface area contributed by atoms with Crippen LogP contribution in [0.15, 0.2) is 63.1 Å². The van der Waals surface area contributed by atoms with Crippen molar-refractivity contribution in [2.45, 2.75) is 0 Å². The Hall–Kier alpha value is -2.87. The van der Waals surface area contributed by atoms with Crippen LogP contribution in [-0.2, 0) is 4.79 Å². The molecule has 1 N–H and O–H groups in total. The van der Waals surface area contributed by atoms with Crippen molar-refractivity contribution in [1.82, 2.24) is 4.98 Å². The molecular formula is C20H12Cl2N2O4S. The molecule has 9 heteroatoms. The number of halogens is 2. The normalized spacial score (nSPS) is 10.8. The van der Waals surface area contributed by atoms with E-state index in [1.165, 1.54) is 17.4 Å². The van der Waals surface area contributed by atoms with Gasteiger partial charge in [-0.15, -0.1) is 11.3 Å². The van der Waals surface area contributed by atoms with Gasteiger partial charge in [-0.2, -0.15) is 0 Å². The fourth-order valence-electron chi connectivity index (χ4n) is 2.59. The van der Waals surface area contributed by atoms with Crippen molar-refractivity contribution in [2.75, 3.05) is 11.9 Å². The minimum atomic E-state index is -0.493. The summed E-state index contributed by atoms with van der Waals surface area (Å²) < 4.78 is 10.7. The summed E-state index contributed by atoms with van der Waals surface area (Å²) >= 11 is 13.0. The molecule has 0 saturated heterocycles. The topological polar surface area (TPSA) is 81.4 Å². The van der Waals surface area contributed by atoms with Crippen LogP contribution in [0.5, 0.6) is 5.75 Å². The number of nitrogens with zero attached hydrogens (tertiary/aromatic N) is 1. The average molecular weight is 447 g/mol. The zero-order chi connectivity index (χ0) is 20.4. The molecule has 2 aromatic carbocycles. The number of fused-ring (bicyclic) bond motifs is 1. The standard InChI is InChI=1S/C20H12Cl2N2O4S/c21-12-5-6-17(14(22)8-12)27-9-18(25)24-20-23-15(10-29-20)13-7-11-3-1-2-4-16(11)28-19(13)26/h1-8,10H,9H2,(H,23,24,25). The van der Waals surface area contributed by atoms with E-state index in [-0.39, 0.29) is 6.61 Å².